The molecule has 4 nitrogen and oxygen atoms in total. The zero-order valence-corrected chi connectivity index (χ0v) is 10.4. The summed E-state index contributed by atoms with van der Waals surface area (Å²) in [5, 5.41) is 0. The number of anilines is 3. The molecule has 0 radical (unpaired) electrons. The number of carbonyl (C=O) groups is 1. The van der Waals surface area contributed by atoms with Crippen LogP contribution in [0.4, 0.5) is 21.5 Å². The van der Waals surface area contributed by atoms with Gasteiger partial charge in [-0.1, -0.05) is 12.1 Å². The van der Waals surface area contributed by atoms with Gasteiger partial charge in [-0.2, -0.15) is 0 Å². The maximum absolute atomic E-state index is 13.8. The van der Waals surface area contributed by atoms with E-state index >= 15 is 0 Å². The molecular formula is C14H14FN3O. The Balaban J connectivity index is 2.53. The van der Waals surface area contributed by atoms with Gasteiger partial charge in [0.15, 0.2) is 0 Å². The number of primary amides is 1. The van der Waals surface area contributed by atoms with Crippen molar-refractivity contribution in [2.24, 2.45) is 5.73 Å². The van der Waals surface area contributed by atoms with Crippen LogP contribution < -0.4 is 16.4 Å². The molecule has 2 rings (SSSR count). The lowest BCUT2D eigenvalue weighted by molar-refractivity contribution is 0.100. The van der Waals surface area contributed by atoms with Gasteiger partial charge in [-0.25, -0.2) is 4.39 Å². The lowest BCUT2D eigenvalue weighted by atomic mass is 10.1. The van der Waals surface area contributed by atoms with Crippen molar-refractivity contribution in [1.82, 2.24) is 0 Å². The van der Waals surface area contributed by atoms with Gasteiger partial charge in [-0.15, -0.1) is 0 Å². The summed E-state index contributed by atoms with van der Waals surface area (Å²) in [6, 6.07) is 11.1. The SMILES string of the molecule is CN(c1ccccc1F)c1ccc(N)cc1C(N)=O. The predicted octanol–water partition coefficient (Wildman–Crippen LogP) is 2.27. The number of hydrogen-bond acceptors (Lipinski definition) is 3. The number of hydrogen-bond donors (Lipinski definition) is 2. The first-order valence-electron chi connectivity index (χ1n) is 5.68. The summed E-state index contributed by atoms with van der Waals surface area (Å²) in [6.45, 7) is 0. The third kappa shape index (κ3) is 2.49. The van der Waals surface area contributed by atoms with Gasteiger partial charge in [0.1, 0.15) is 5.82 Å². The molecule has 0 unspecified atom stereocenters. The number of halogens is 1. The predicted molar refractivity (Wildman–Crippen MR) is 73.8 cm³/mol. The minimum Gasteiger partial charge on any atom is -0.399 e. The number of nitrogens with zero attached hydrogens (tertiary/aromatic N) is 1. The topological polar surface area (TPSA) is 72.3 Å². The van der Waals surface area contributed by atoms with Gasteiger partial charge in [-0.3, -0.25) is 4.79 Å². The van der Waals surface area contributed by atoms with Gasteiger partial charge in [0, 0.05) is 12.7 Å². The first-order chi connectivity index (χ1) is 9.00. The van der Waals surface area contributed by atoms with Crippen molar-refractivity contribution in [3.8, 4) is 0 Å². The van der Waals surface area contributed by atoms with E-state index in [4.69, 9.17) is 11.5 Å². The third-order valence-electron chi connectivity index (χ3n) is 2.86. The van der Waals surface area contributed by atoms with E-state index < -0.39 is 5.91 Å². The lowest BCUT2D eigenvalue weighted by Gasteiger charge is -2.22. The zero-order chi connectivity index (χ0) is 14.0. The molecule has 2 aromatic rings. The van der Waals surface area contributed by atoms with E-state index in [1.165, 1.54) is 12.1 Å². The largest absolute Gasteiger partial charge is 0.399 e. The molecule has 1 amide bonds. The van der Waals surface area contributed by atoms with E-state index in [-0.39, 0.29) is 11.4 Å². The van der Waals surface area contributed by atoms with Crippen LogP contribution in [0.1, 0.15) is 10.4 Å². The van der Waals surface area contributed by atoms with Gasteiger partial charge in [0.2, 0.25) is 0 Å². The van der Waals surface area contributed by atoms with Crippen LogP contribution in [-0.4, -0.2) is 13.0 Å². The zero-order valence-electron chi connectivity index (χ0n) is 10.4. The van der Waals surface area contributed by atoms with Crippen molar-refractivity contribution in [3.05, 3.63) is 53.8 Å². The second kappa shape index (κ2) is 4.97. The quantitative estimate of drug-likeness (QED) is 0.830. The highest BCUT2D eigenvalue weighted by molar-refractivity contribution is 6.00. The van der Waals surface area contributed by atoms with Crippen LogP contribution in [0.5, 0.6) is 0 Å². The van der Waals surface area contributed by atoms with Crippen molar-refractivity contribution in [2.75, 3.05) is 17.7 Å². The molecule has 0 atom stereocenters. The molecular weight excluding hydrogens is 245 g/mol. The number of para-hydroxylation sites is 1. The number of carbonyl (C=O) groups excluding carboxylic acids is 1. The summed E-state index contributed by atoms with van der Waals surface area (Å²) in [5.41, 5.74) is 12.5. The molecule has 2 aromatic carbocycles. The Bertz CT molecular complexity index is 628. The van der Waals surface area contributed by atoms with Crippen molar-refractivity contribution < 1.29 is 9.18 Å². The van der Waals surface area contributed by atoms with Gasteiger partial charge >= 0.3 is 0 Å². The maximum atomic E-state index is 13.8. The van der Waals surface area contributed by atoms with Gasteiger partial charge in [-0.05, 0) is 30.3 Å². The van der Waals surface area contributed by atoms with E-state index in [1.54, 1.807) is 42.3 Å². The molecule has 98 valence electrons. The third-order valence-corrected chi connectivity index (χ3v) is 2.86. The molecule has 0 aliphatic carbocycles. The monoisotopic (exact) mass is 259 g/mol. The Labute approximate surface area is 110 Å². The van der Waals surface area contributed by atoms with Crippen molar-refractivity contribution in [2.45, 2.75) is 0 Å². The molecule has 5 heteroatoms. The first kappa shape index (κ1) is 12.9. The molecule has 19 heavy (non-hydrogen) atoms. The minimum absolute atomic E-state index is 0.255. The van der Waals surface area contributed by atoms with Crippen LogP contribution in [0.15, 0.2) is 42.5 Å². The highest BCUT2D eigenvalue weighted by atomic mass is 19.1. The van der Waals surface area contributed by atoms with Crippen LogP contribution in [0.2, 0.25) is 0 Å². The second-order valence-electron chi connectivity index (χ2n) is 4.15. The molecule has 0 fully saturated rings. The highest BCUT2D eigenvalue weighted by Gasteiger charge is 2.15. The van der Waals surface area contributed by atoms with Crippen LogP contribution in [-0.2, 0) is 0 Å². The fourth-order valence-corrected chi connectivity index (χ4v) is 1.90. The van der Waals surface area contributed by atoms with Crippen LogP contribution in [0.3, 0.4) is 0 Å². The molecule has 0 heterocycles. The fourth-order valence-electron chi connectivity index (χ4n) is 1.90. The van der Waals surface area contributed by atoms with E-state index in [9.17, 15) is 9.18 Å². The van der Waals surface area contributed by atoms with Crippen LogP contribution in [0.25, 0.3) is 0 Å². The minimum atomic E-state index is -0.606. The van der Waals surface area contributed by atoms with Crippen molar-refractivity contribution in [3.63, 3.8) is 0 Å². The number of rotatable bonds is 3. The second-order valence-corrected chi connectivity index (χ2v) is 4.15. The summed E-state index contributed by atoms with van der Waals surface area (Å²) < 4.78 is 13.8. The summed E-state index contributed by atoms with van der Waals surface area (Å²) in [6.07, 6.45) is 0. The van der Waals surface area contributed by atoms with Crippen molar-refractivity contribution in [1.29, 1.82) is 0 Å². The molecule has 4 N–H and O–H groups in total. The standard InChI is InChI=1S/C14H14FN3O/c1-18(13-5-3-2-4-11(13)15)12-7-6-9(16)8-10(12)14(17)19/h2-8H,16H2,1H3,(H2,17,19). The molecule has 0 aliphatic rings. The maximum Gasteiger partial charge on any atom is 0.250 e. The average molecular weight is 259 g/mol. The molecule has 0 aromatic heterocycles. The Morgan fingerprint density at radius 2 is 1.84 bits per heavy atom. The Morgan fingerprint density at radius 1 is 1.16 bits per heavy atom. The first-order valence-corrected chi connectivity index (χ1v) is 5.68. The van der Waals surface area contributed by atoms with Gasteiger partial charge in [0.25, 0.3) is 5.91 Å². The number of nitrogens with two attached hydrogens (primary N) is 2. The number of benzene rings is 2. The van der Waals surface area contributed by atoms with E-state index in [0.717, 1.165) is 0 Å². The smallest absolute Gasteiger partial charge is 0.250 e. The molecule has 0 spiro atoms. The van der Waals surface area contributed by atoms with Crippen LogP contribution in [0, 0.1) is 5.82 Å². The Kier molecular flexibility index (Phi) is 3.37. The van der Waals surface area contributed by atoms with Crippen molar-refractivity contribution >= 4 is 23.0 Å². The van der Waals surface area contributed by atoms with E-state index in [0.29, 0.717) is 17.1 Å². The van der Waals surface area contributed by atoms with Gasteiger partial charge < -0.3 is 16.4 Å². The summed E-state index contributed by atoms with van der Waals surface area (Å²) in [7, 11) is 1.66. The van der Waals surface area contributed by atoms with Gasteiger partial charge in [0.05, 0.1) is 16.9 Å². The lowest BCUT2D eigenvalue weighted by Crippen LogP contribution is -2.19. The molecule has 0 saturated heterocycles. The summed E-state index contributed by atoms with van der Waals surface area (Å²) >= 11 is 0. The van der Waals surface area contributed by atoms with E-state index in [2.05, 4.69) is 0 Å². The Morgan fingerprint density at radius 3 is 2.47 bits per heavy atom. The summed E-state index contributed by atoms with van der Waals surface area (Å²) in [5.74, 6) is -0.984. The molecule has 0 aliphatic heterocycles. The summed E-state index contributed by atoms with van der Waals surface area (Å²) in [4.78, 5) is 13.0. The fraction of sp³-hybridized carbons (Fsp3) is 0.0714. The number of nitrogen functional groups attached to an aromatic ring is 1. The number of amides is 1. The Hall–Kier alpha value is -2.56. The average Bonchev–Trinajstić information content (AvgIpc) is 2.38. The molecule has 0 bridgehead atoms. The van der Waals surface area contributed by atoms with Crippen LogP contribution >= 0.6 is 0 Å². The highest BCUT2D eigenvalue weighted by Crippen LogP contribution is 2.29. The normalized spacial score (nSPS) is 10.2. The molecule has 0 saturated carbocycles. The van der Waals surface area contributed by atoms with E-state index in [1.807, 2.05) is 0 Å².